The van der Waals surface area contributed by atoms with Gasteiger partial charge >= 0.3 is 6.18 Å². The molecule has 0 spiro atoms. The first kappa shape index (κ1) is 25.6. The van der Waals surface area contributed by atoms with Crippen LogP contribution in [0, 0.1) is 5.82 Å². The van der Waals surface area contributed by atoms with Crippen LogP contribution in [0.4, 0.5) is 29.3 Å². The predicted octanol–water partition coefficient (Wildman–Crippen LogP) is 5.05. The second-order valence-corrected chi connectivity index (χ2v) is 9.59. The first-order valence-corrected chi connectivity index (χ1v) is 12.2. The largest absolute Gasteiger partial charge is 0.433 e. The van der Waals surface area contributed by atoms with Gasteiger partial charge in [0, 0.05) is 43.8 Å². The Hall–Kier alpha value is -2.53. The Balaban J connectivity index is 1.51. The van der Waals surface area contributed by atoms with Crippen LogP contribution in [0.15, 0.2) is 30.3 Å². The summed E-state index contributed by atoms with van der Waals surface area (Å²) in [4.78, 5) is 9.92. The minimum Gasteiger partial charge on any atom is -0.381 e. The zero-order valence-electron chi connectivity index (χ0n) is 19.5. The number of benzene rings is 1. The monoisotopic (exact) mass is 511 g/mol. The predicted molar refractivity (Wildman–Crippen MR) is 130 cm³/mol. The van der Waals surface area contributed by atoms with E-state index >= 15 is 0 Å². The fraction of sp³-hybridized carbons (Fsp3) is 0.542. The lowest BCUT2D eigenvalue weighted by Gasteiger charge is -2.38. The summed E-state index contributed by atoms with van der Waals surface area (Å²) in [5, 5.41) is 5.98. The summed E-state index contributed by atoms with van der Waals surface area (Å²) in [6.07, 6.45) is -0.390. The molecular weight excluding hydrogens is 482 g/mol. The molecular formula is C24H29F4N5OS. The maximum atomic E-state index is 13.6. The van der Waals surface area contributed by atoms with E-state index in [9.17, 15) is 17.6 Å². The number of hydrogen-bond donors (Lipinski definition) is 2. The number of ether oxygens (including phenoxy) is 1. The van der Waals surface area contributed by atoms with Crippen molar-refractivity contribution in [2.24, 2.45) is 0 Å². The highest BCUT2D eigenvalue weighted by Gasteiger charge is 2.36. The quantitative estimate of drug-likeness (QED) is 0.430. The number of piperidine rings is 1. The highest BCUT2D eigenvalue weighted by atomic mass is 32.1. The van der Waals surface area contributed by atoms with E-state index in [4.69, 9.17) is 17.0 Å². The van der Waals surface area contributed by atoms with Crippen molar-refractivity contribution in [2.75, 3.05) is 36.5 Å². The number of rotatable bonds is 5. The van der Waals surface area contributed by atoms with Crippen molar-refractivity contribution >= 4 is 29.1 Å². The van der Waals surface area contributed by atoms with Crippen molar-refractivity contribution in [3.05, 3.63) is 47.4 Å². The van der Waals surface area contributed by atoms with E-state index in [2.05, 4.69) is 20.6 Å². The van der Waals surface area contributed by atoms with E-state index in [-0.39, 0.29) is 34.2 Å². The molecule has 1 atom stereocenters. The molecule has 2 fully saturated rings. The Labute approximate surface area is 207 Å². The van der Waals surface area contributed by atoms with Gasteiger partial charge in [0.15, 0.2) is 10.8 Å². The summed E-state index contributed by atoms with van der Waals surface area (Å²) < 4.78 is 59.7. The lowest BCUT2D eigenvalue weighted by Crippen LogP contribution is -2.45. The molecule has 0 radical (unpaired) electrons. The van der Waals surface area contributed by atoms with Crippen molar-refractivity contribution in [3.8, 4) is 0 Å². The van der Waals surface area contributed by atoms with Crippen molar-refractivity contribution in [3.63, 3.8) is 0 Å². The molecule has 0 bridgehead atoms. The van der Waals surface area contributed by atoms with Gasteiger partial charge in [0.25, 0.3) is 0 Å². The average Bonchev–Trinajstić information content (AvgIpc) is 2.83. The Kier molecular flexibility index (Phi) is 7.75. The van der Waals surface area contributed by atoms with E-state index in [0.717, 1.165) is 30.9 Å². The summed E-state index contributed by atoms with van der Waals surface area (Å²) in [5.74, 6) is -0.286. The van der Waals surface area contributed by atoms with Crippen molar-refractivity contribution in [1.29, 1.82) is 0 Å². The van der Waals surface area contributed by atoms with Crippen molar-refractivity contribution < 1.29 is 22.3 Å². The first-order valence-electron chi connectivity index (χ1n) is 11.8. The molecule has 1 aromatic heterocycles. The summed E-state index contributed by atoms with van der Waals surface area (Å²) in [7, 11) is 0. The number of halogens is 4. The first-order chi connectivity index (χ1) is 16.7. The van der Waals surface area contributed by atoms with Gasteiger partial charge in [-0.3, -0.25) is 0 Å². The van der Waals surface area contributed by atoms with Crippen LogP contribution in [-0.2, 0) is 16.3 Å². The van der Waals surface area contributed by atoms with Gasteiger partial charge in [0.2, 0.25) is 5.95 Å². The number of alkyl halides is 3. The van der Waals surface area contributed by atoms with Gasteiger partial charge < -0.3 is 20.3 Å². The summed E-state index contributed by atoms with van der Waals surface area (Å²) in [6, 6.07) is 7.42. The standard InChI is InChI=1S/C24H29F4N5OS/c1-16-4-2-3-11-33(16)20-14-19(24(26,27)28)30-21(31-20)32-22(35)29-15-23(9-12-34-13-10-23)17-5-7-18(25)8-6-17/h5-8,14,16H,2-4,9-13,15H2,1H3,(H2,29,30,31,32,35)/t16-/m1/s1. The lowest BCUT2D eigenvalue weighted by molar-refractivity contribution is -0.141. The molecule has 0 saturated carbocycles. The molecule has 6 nitrogen and oxygen atoms in total. The molecule has 2 aromatic rings. The van der Waals surface area contributed by atoms with Gasteiger partial charge in [-0.2, -0.15) is 18.2 Å². The highest BCUT2D eigenvalue weighted by molar-refractivity contribution is 7.80. The zero-order valence-corrected chi connectivity index (χ0v) is 20.3. The Morgan fingerprint density at radius 1 is 1.17 bits per heavy atom. The molecule has 2 aliphatic rings. The number of thiocarbonyl (C=S) groups is 1. The molecule has 35 heavy (non-hydrogen) atoms. The summed E-state index contributed by atoms with van der Waals surface area (Å²) in [6.45, 7) is 4.13. The van der Waals surface area contributed by atoms with Crippen LogP contribution in [0.3, 0.4) is 0 Å². The molecule has 2 aliphatic heterocycles. The Bertz CT molecular complexity index is 1030. The van der Waals surface area contributed by atoms with Gasteiger partial charge in [-0.1, -0.05) is 12.1 Å². The molecule has 4 rings (SSSR count). The minimum absolute atomic E-state index is 0.0850. The minimum atomic E-state index is -4.61. The van der Waals surface area contributed by atoms with E-state index in [0.29, 0.717) is 39.1 Å². The number of anilines is 2. The number of hydrogen-bond acceptors (Lipinski definition) is 5. The Morgan fingerprint density at radius 3 is 2.54 bits per heavy atom. The molecule has 0 unspecified atom stereocenters. The highest BCUT2D eigenvalue weighted by Crippen LogP contribution is 2.35. The van der Waals surface area contributed by atoms with E-state index in [1.807, 2.05) is 11.8 Å². The number of nitrogens with zero attached hydrogens (tertiary/aromatic N) is 3. The van der Waals surface area contributed by atoms with Gasteiger partial charge in [-0.05, 0) is 68.9 Å². The molecule has 2 saturated heterocycles. The van der Waals surface area contributed by atoms with Crippen LogP contribution in [-0.4, -0.2) is 47.4 Å². The molecule has 3 heterocycles. The molecule has 11 heteroatoms. The lowest BCUT2D eigenvalue weighted by atomic mass is 9.74. The molecule has 2 N–H and O–H groups in total. The fourth-order valence-electron chi connectivity index (χ4n) is 4.75. The third kappa shape index (κ3) is 6.19. The summed E-state index contributed by atoms with van der Waals surface area (Å²) in [5.41, 5.74) is -0.409. The zero-order chi connectivity index (χ0) is 25.1. The average molecular weight is 512 g/mol. The van der Waals surface area contributed by atoms with E-state index in [1.165, 1.54) is 12.1 Å². The second kappa shape index (κ2) is 10.6. The topological polar surface area (TPSA) is 62.3 Å². The SMILES string of the molecule is C[C@@H]1CCCCN1c1cc(C(F)(F)F)nc(NC(=S)NCC2(c3ccc(F)cc3)CCOCC2)n1. The van der Waals surface area contributed by atoms with Crippen LogP contribution in [0.1, 0.15) is 50.3 Å². The van der Waals surface area contributed by atoms with Gasteiger partial charge in [-0.25, -0.2) is 9.37 Å². The maximum Gasteiger partial charge on any atom is 0.433 e. The molecule has 190 valence electrons. The smallest absolute Gasteiger partial charge is 0.381 e. The molecule has 1 aromatic carbocycles. The molecule has 0 amide bonds. The van der Waals surface area contributed by atoms with Gasteiger partial charge in [0.05, 0.1) is 0 Å². The normalized spacial score (nSPS) is 20.4. The van der Waals surface area contributed by atoms with E-state index < -0.39 is 11.9 Å². The number of aromatic nitrogens is 2. The molecule has 0 aliphatic carbocycles. The van der Waals surface area contributed by atoms with Crippen LogP contribution in [0.2, 0.25) is 0 Å². The van der Waals surface area contributed by atoms with Crippen molar-refractivity contribution in [2.45, 2.75) is 56.7 Å². The van der Waals surface area contributed by atoms with Crippen molar-refractivity contribution in [1.82, 2.24) is 15.3 Å². The second-order valence-electron chi connectivity index (χ2n) is 9.18. The van der Waals surface area contributed by atoms with Crippen LogP contribution >= 0.6 is 12.2 Å². The third-order valence-electron chi connectivity index (χ3n) is 6.82. The number of nitrogens with one attached hydrogen (secondary N) is 2. The summed E-state index contributed by atoms with van der Waals surface area (Å²) >= 11 is 5.40. The van der Waals surface area contributed by atoms with Crippen LogP contribution in [0.25, 0.3) is 0 Å². The third-order valence-corrected chi connectivity index (χ3v) is 7.07. The fourth-order valence-corrected chi connectivity index (χ4v) is 4.91. The van der Waals surface area contributed by atoms with E-state index in [1.54, 1.807) is 12.1 Å². The van der Waals surface area contributed by atoms with Crippen LogP contribution < -0.4 is 15.5 Å². The van der Waals surface area contributed by atoms with Crippen LogP contribution in [0.5, 0.6) is 0 Å². The Morgan fingerprint density at radius 2 is 1.89 bits per heavy atom. The van der Waals surface area contributed by atoms with Gasteiger partial charge in [0.1, 0.15) is 11.6 Å². The maximum absolute atomic E-state index is 13.6. The van der Waals surface area contributed by atoms with Gasteiger partial charge in [-0.15, -0.1) is 0 Å².